The van der Waals surface area contributed by atoms with Crippen molar-refractivity contribution in [1.82, 2.24) is 19.5 Å². The molecule has 0 aliphatic rings. The molecule has 7 aromatic rings. The Hall–Kier alpha value is -6.08. The highest BCUT2D eigenvalue weighted by Gasteiger charge is 2.46. The number of hydrogen-bond donors (Lipinski definition) is 1. The molecule has 3 aromatic heterocycles. The predicted octanol–water partition coefficient (Wildman–Crippen LogP) is 9.02. The van der Waals surface area contributed by atoms with Crippen LogP contribution in [0.4, 0.5) is 18.9 Å². The minimum atomic E-state index is -5.62. The molecule has 1 N–H and O–H groups in total. The molecule has 0 atom stereocenters. The number of nitrogens with one attached hydrogen (secondary N) is 1. The lowest BCUT2D eigenvalue weighted by Gasteiger charge is -2.14. The summed E-state index contributed by atoms with van der Waals surface area (Å²) in [7, 11) is -5.62. The zero-order valence-corrected chi connectivity index (χ0v) is 29.6. The lowest BCUT2D eigenvalue weighted by Crippen LogP contribution is -2.30. The Balaban J connectivity index is 1.15. The van der Waals surface area contributed by atoms with Crippen molar-refractivity contribution in [3.8, 4) is 28.1 Å². The van der Waals surface area contributed by atoms with Gasteiger partial charge in [0.2, 0.25) is 0 Å². The van der Waals surface area contributed by atoms with E-state index in [0.29, 0.717) is 57.9 Å². The van der Waals surface area contributed by atoms with Crippen LogP contribution in [0.3, 0.4) is 0 Å². The summed E-state index contributed by atoms with van der Waals surface area (Å²) in [6.07, 6.45) is 0.619. The second-order valence-corrected chi connectivity index (χ2v) is 14.1. The molecule has 0 aliphatic carbocycles. The number of carbonyl (C=O) groups excluding carboxylic acids is 1. The molecule has 0 aliphatic heterocycles. The van der Waals surface area contributed by atoms with Gasteiger partial charge in [-0.25, -0.2) is 19.7 Å². The third-order valence-corrected chi connectivity index (χ3v) is 10.0. The monoisotopic (exact) mass is 735 g/mol. The number of aryl methyl sites for hydroxylation is 3. The number of para-hydroxylation sites is 1. The first-order chi connectivity index (χ1) is 25.3. The Bertz CT molecular complexity index is 2630. The van der Waals surface area contributed by atoms with E-state index in [1.165, 1.54) is 18.2 Å². The number of nitrogens with zero attached hydrogens (tertiary/aromatic N) is 4. The second-order valence-electron chi connectivity index (χ2n) is 12.4. The SMILES string of the molecule is CCc1nc2c(C)c(OC(=O)c3ccc(-c4ccccc4)cc3)c(C)nc2n1Cc1ccc2nc(-c3ccccc3NS(=O)(=O)C(F)(F)F)ccc2c1. The second kappa shape index (κ2) is 13.8. The van der Waals surface area contributed by atoms with E-state index >= 15 is 0 Å². The van der Waals surface area contributed by atoms with Crippen LogP contribution in [0, 0.1) is 13.8 Å². The number of carbonyl (C=O) groups is 1. The Morgan fingerprint density at radius 1 is 0.830 bits per heavy atom. The topological polar surface area (TPSA) is 116 Å². The van der Waals surface area contributed by atoms with E-state index in [-0.39, 0.29) is 11.3 Å². The van der Waals surface area contributed by atoms with Crippen molar-refractivity contribution in [1.29, 1.82) is 0 Å². The highest BCUT2D eigenvalue weighted by atomic mass is 32.2. The van der Waals surface area contributed by atoms with Gasteiger partial charge < -0.3 is 9.30 Å². The molecular formula is C40H32F3N5O4S. The van der Waals surface area contributed by atoms with Crippen molar-refractivity contribution in [3.05, 3.63) is 137 Å². The van der Waals surface area contributed by atoms with E-state index in [1.54, 1.807) is 48.0 Å². The smallest absolute Gasteiger partial charge is 0.421 e. The van der Waals surface area contributed by atoms with Gasteiger partial charge in [0.05, 0.1) is 34.7 Å². The number of fused-ring (bicyclic) bond motifs is 2. The lowest BCUT2D eigenvalue weighted by atomic mass is 10.0. The molecular weight excluding hydrogens is 704 g/mol. The molecule has 0 saturated carbocycles. The average molecular weight is 736 g/mol. The number of ether oxygens (including phenoxy) is 1. The van der Waals surface area contributed by atoms with Crippen molar-refractivity contribution >= 4 is 43.7 Å². The third kappa shape index (κ3) is 6.95. The minimum Gasteiger partial charge on any atom is -0.421 e. The molecule has 0 radical (unpaired) electrons. The van der Waals surface area contributed by atoms with Crippen LogP contribution in [0.1, 0.15) is 39.9 Å². The zero-order valence-electron chi connectivity index (χ0n) is 28.8. The number of sulfonamides is 1. The molecule has 9 nitrogen and oxygen atoms in total. The van der Waals surface area contributed by atoms with Crippen molar-refractivity contribution < 1.29 is 31.1 Å². The first kappa shape index (κ1) is 35.3. The molecule has 7 rings (SSSR count). The van der Waals surface area contributed by atoms with E-state index in [2.05, 4.69) is 4.98 Å². The maximum Gasteiger partial charge on any atom is 0.516 e. The molecule has 4 aromatic carbocycles. The number of halogens is 3. The maximum absolute atomic E-state index is 13.2. The van der Waals surface area contributed by atoms with Gasteiger partial charge in [0.1, 0.15) is 11.3 Å². The summed E-state index contributed by atoms with van der Waals surface area (Å²) in [6, 6.07) is 32.0. The molecule has 3 heterocycles. The molecule has 13 heteroatoms. The number of anilines is 1. The number of alkyl halides is 3. The van der Waals surface area contributed by atoms with E-state index in [4.69, 9.17) is 14.7 Å². The standard InChI is InChI=1S/C40H32F3N5O4S/c1-4-35-46-36-24(2)37(52-39(49)29-17-15-28(16-18-29)27-10-6-5-7-11-27)25(3)44-38(36)48(35)23-26-14-20-32-30(22-26)19-21-33(45-32)31-12-8-9-13-34(31)47-53(50,51)40(41,42)43/h5-22,47H,4,23H2,1-3H3. The number of pyridine rings is 2. The fourth-order valence-corrected chi connectivity index (χ4v) is 6.80. The van der Waals surface area contributed by atoms with Crippen LogP contribution < -0.4 is 9.46 Å². The van der Waals surface area contributed by atoms with E-state index < -0.39 is 21.5 Å². The molecule has 0 amide bonds. The van der Waals surface area contributed by atoms with Gasteiger partial charge in [-0.2, -0.15) is 21.6 Å². The average Bonchev–Trinajstić information content (AvgIpc) is 3.49. The van der Waals surface area contributed by atoms with Gasteiger partial charge in [-0.1, -0.05) is 79.7 Å². The normalized spacial score (nSPS) is 12.0. The molecule has 0 spiro atoms. The van der Waals surface area contributed by atoms with Crippen LogP contribution in [-0.2, 0) is 23.0 Å². The summed E-state index contributed by atoms with van der Waals surface area (Å²) >= 11 is 0. The Labute approximate surface area is 303 Å². The summed E-state index contributed by atoms with van der Waals surface area (Å²) < 4.78 is 72.5. The van der Waals surface area contributed by atoms with Crippen LogP contribution >= 0.6 is 0 Å². The van der Waals surface area contributed by atoms with Gasteiger partial charge in [-0.15, -0.1) is 0 Å². The van der Waals surface area contributed by atoms with E-state index in [0.717, 1.165) is 27.9 Å². The molecule has 268 valence electrons. The van der Waals surface area contributed by atoms with Crippen LogP contribution in [0.5, 0.6) is 5.75 Å². The predicted molar refractivity (Wildman–Crippen MR) is 198 cm³/mol. The van der Waals surface area contributed by atoms with E-state index in [9.17, 15) is 26.4 Å². The van der Waals surface area contributed by atoms with Crippen LogP contribution in [-0.4, -0.2) is 39.4 Å². The largest absolute Gasteiger partial charge is 0.516 e. The van der Waals surface area contributed by atoms with Gasteiger partial charge in [0.15, 0.2) is 11.4 Å². The van der Waals surface area contributed by atoms with Crippen molar-refractivity contribution in [2.75, 3.05) is 4.72 Å². The number of benzene rings is 4. The van der Waals surface area contributed by atoms with Crippen molar-refractivity contribution in [3.63, 3.8) is 0 Å². The molecule has 0 bridgehead atoms. The summed E-state index contributed by atoms with van der Waals surface area (Å²) in [4.78, 5) is 27.6. The van der Waals surface area contributed by atoms with Gasteiger partial charge in [-0.05, 0) is 66.9 Å². The van der Waals surface area contributed by atoms with Crippen LogP contribution in [0.2, 0.25) is 0 Å². The van der Waals surface area contributed by atoms with E-state index in [1.807, 2.05) is 73.0 Å². The number of imidazole rings is 1. The Morgan fingerprint density at radius 2 is 1.53 bits per heavy atom. The summed E-state index contributed by atoms with van der Waals surface area (Å²) in [5, 5.41) is 0.772. The molecule has 53 heavy (non-hydrogen) atoms. The summed E-state index contributed by atoms with van der Waals surface area (Å²) in [6.45, 7) is 6.08. The van der Waals surface area contributed by atoms with Gasteiger partial charge >= 0.3 is 21.5 Å². The summed E-state index contributed by atoms with van der Waals surface area (Å²) in [5.74, 6) is 0.662. The quantitative estimate of drug-likeness (QED) is 0.147. The third-order valence-electron chi connectivity index (χ3n) is 8.90. The minimum absolute atomic E-state index is 0.201. The Morgan fingerprint density at radius 3 is 2.25 bits per heavy atom. The Kier molecular flexibility index (Phi) is 9.20. The number of rotatable bonds is 9. The van der Waals surface area contributed by atoms with Crippen molar-refractivity contribution in [2.24, 2.45) is 0 Å². The molecule has 0 saturated heterocycles. The summed E-state index contributed by atoms with van der Waals surface area (Å²) in [5.41, 5.74) is 1.25. The van der Waals surface area contributed by atoms with Gasteiger partial charge in [0.25, 0.3) is 0 Å². The molecule has 0 fully saturated rings. The lowest BCUT2D eigenvalue weighted by molar-refractivity contribution is -0.0429. The van der Waals surface area contributed by atoms with Crippen LogP contribution in [0.25, 0.3) is 44.5 Å². The number of esters is 1. The van der Waals surface area contributed by atoms with Crippen molar-refractivity contribution in [2.45, 2.75) is 39.2 Å². The van der Waals surface area contributed by atoms with Crippen LogP contribution in [0.15, 0.2) is 109 Å². The first-order valence-electron chi connectivity index (χ1n) is 16.6. The highest BCUT2D eigenvalue weighted by Crippen LogP contribution is 2.34. The van der Waals surface area contributed by atoms with Gasteiger partial charge in [-0.3, -0.25) is 4.72 Å². The highest BCUT2D eigenvalue weighted by molar-refractivity contribution is 7.93. The number of aromatic nitrogens is 4. The molecule has 0 unspecified atom stereocenters. The maximum atomic E-state index is 13.2. The zero-order chi connectivity index (χ0) is 37.5. The van der Waals surface area contributed by atoms with Gasteiger partial charge in [0, 0.05) is 22.9 Å². The first-order valence-corrected chi connectivity index (χ1v) is 18.1. The fourth-order valence-electron chi connectivity index (χ4n) is 6.21. The fraction of sp³-hybridized carbons (Fsp3) is 0.150. The number of hydrogen-bond acceptors (Lipinski definition) is 7.